The van der Waals surface area contributed by atoms with Gasteiger partial charge in [0, 0.05) is 25.9 Å². The number of halogens is 5. The van der Waals surface area contributed by atoms with E-state index in [-0.39, 0.29) is 70.6 Å². The number of benzene rings is 4. The summed E-state index contributed by atoms with van der Waals surface area (Å²) in [7, 11) is 0. The number of nitrogens with zero attached hydrogens (tertiary/aromatic N) is 2. The van der Waals surface area contributed by atoms with Gasteiger partial charge >= 0.3 is 0 Å². The molecular weight excluding hydrogens is 1010 g/mol. The number of aromatic hydroxyl groups is 2. The fourth-order valence-corrected chi connectivity index (χ4v) is 7.94. The van der Waals surface area contributed by atoms with Gasteiger partial charge in [-0.15, -0.1) is 0 Å². The molecule has 0 saturated carbocycles. The second-order valence-electron chi connectivity index (χ2n) is 11.3. The van der Waals surface area contributed by atoms with Gasteiger partial charge in [0.15, 0.2) is 28.7 Å². The molecule has 2 amide bonds. The molecule has 0 radical (unpaired) electrons. The number of carbonyl (C=O) groups is 2. The summed E-state index contributed by atoms with van der Waals surface area (Å²) in [6.07, 6.45) is -1.06. The first kappa shape index (κ1) is 39.5. The quantitative estimate of drug-likeness (QED) is 0.0679. The first-order valence-electron chi connectivity index (χ1n) is 15.1. The summed E-state index contributed by atoms with van der Waals surface area (Å²) >= 11 is 17.0. The molecule has 1 unspecified atom stereocenters. The van der Waals surface area contributed by atoms with E-state index in [9.17, 15) is 35.3 Å². The van der Waals surface area contributed by atoms with Gasteiger partial charge in [-0.1, -0.05) is 16.4 Å². The van der Waals surface area contributed by atoms with Crippen LogP contribution in [0.2, 0.25) is 0 Å². The van der Waals surface area contributed by atoms with Crippen LogP contribution in [0.4, 0.5) is 0 Å². The van der Waals surface area contributed by atoms with Crippen molar-refractivity contribution in [1.82, 2.24) is 10.6 Å². The molecule has 4 aliphatic rings. The van der Waals surface area contributed by atoms with Crippen LogP contribution in [0, 0.1) is 0 Å². The van der Waals surface area contributed by atoms with Crippen LogP contribution in [0.3, 0.4) is 0 Å². The van der Waals surface area contributed by atoms with Crippen molar-refractivity contribution in [2.75, 3.05) is 13.1 Å². The zero-order chi connectivity index (χ0) is 37.7. The van der Waals surface area contributed by atoms with Crippen molar-refractivity contribution in [2.45, 2.75) is 25.4 Å². The highest BCUT2D eigenvalue weighted by atomic mass is 79.9. The molecule has 4 heterocycles. The standard InChI is InChI=1S/C34H27Br5N4O9/c35-19-13-18-1-2-27(19)51-28-11-15(5-20(36)30(28)45)3-4-40-33(47)24(42-49)9-16-7-22(38)32(23(39)8-16)52-29-12-17(6-21(37)31(29)46)10-25(43-50)34(48)41-14-26(18)44/h1-2,5-8,11-13,26,44-46,49-50H,3-4,9-10,14H2,(H,40,47)(H,41,48)/b42-24+,43-25+. The van der Waals surface area contributed by atoms with E-state index in [2.05, 4.69) is 101 Å². The maximum absolute atomic E-state index is 13.0. The molecular formula is C34H27Br5N4O9. The van der Waals surface area contributed by atoms with Crippen LogP contribution >= 0.6 is 79.6 Å². The molecule has 0 spiro atoms. The van der Waals surface area contributed by atoms with E-state index in [0.717, 1.165) is 0 Å². The predicted molar refractivity (Wildman–Crippen MR) is 208 cm³/mol. The molecule has 52 heavy (non-hydrogen) atoms. The third-order valence-corrected chi connectivity index (χ3v) is 10.7. The fraction of sp³-hybridized carbons (Fsp3) is 0.176. The van der Waals surface area contributed by atoms with Crippen LogP contribution < -0.4 is 20.1 Å². The number of ether oxygens (including phenoxy) is 2. The van der Waals surface area contributed by atoms with Crippen molar-refractivity contribution in [3.8, 4) is 34.5 Å². The zero-order valence-corrected chi connectivity index (χ0v) is 34.4. The molecule has 0 aliphatic carbocycles. The average molecular weight is 1040 g/mol. The van der Waals surface area contributed by atoms with Gasteiger partial charge in [-0.3, -0.25) is 9.59 Å². The van der Waals surface area contributed by atoms with Crippen LogP contribution in [0.5, 0.6) is 34.5 Å². The maximum atomic E-state index is 13.0. The summed E-state index contributed by atoms with van der Waals surface area (Å²) in [5.74, 6) is -1.06. The van der Waals surface area contributed by atoms with Gasteiger partial charge in [0.05, 0.1) is 28.5 Å². The monoisotopic (exact) mass is 1030 g/mol. The summed E-state index contributed by atoms with van der Waals surface area (Å²) in [5.41, 5.74) is 1.69. The summed E-state index contributed by atoms with van der Waals surface area (Å²) in [6.45, 7) is -0.0700. The van der Waals surface area contributed by atoms with E-state index < -0.39 is 17.9 Å². The number of nitrogens with one attached hydrogen (secondary N) is 2. The Balaban J connectivity index is 1.49. The second-order valence-corrected chi connectivity index (χ2v) is 15.6. The molecule has 4 aromatic rings. The summed E-state index contributed by atoms with van der Waals surface area (Å²) in [4.78, 5) is 26.0. The number of phenolic OH excluding ortho intramolecular Hbond substituents is 2. The van der Waals surface area contributed by atoms with Crippen LogP contribution in [0.1, 0.15) is 28.4 Å². The Labute approximate surface area is 338 Å². The van der Waals surface area contributed by atoms with Crippen LogP contribution in [0.25, 0.3) is 0 Å². The van der Waals surface area contributed by atoms with Crippen LogP contribution in [-0.2, 0) is 28.9 Å². The lowest BCUT2D eigenvalue weighted by molar-refractivity contribution is -0.116. The number of phenols is 2. The first-order chi connectivity index (χ1) is 24.8. The molecule has 0 fully saturated rings. The molecule has 18 heteroatoms. The molecule has 0 saturated heterocycles. The Morgan fingerprint density at radius 3 is 1.75 bits per heavy atom. The smallest absolute Gasteiger partial charge is 0.269 e. The molecule has 8 bridgehead atoms. The first-order valence-corrected chi connectivity index (χ1v) is 19.1. The number of hydrogen-bond donors (Lipinski definition) is 7. The molecule has 7 N–H and O–H groups in total. The fourth-order valence-electron chi connectivity index (χ4n) is 5.04. The third kappa shape index (κ3) is 9.45. The number of rotatable bonds is 0. The number of aliphatic hydroxyl groups excluding tert-OH is 1. The molecule has 0 aromatic heterocycles. The highest BCUT2D eigenvalue weighted by Gasteiger charge is 2.22. The van der Waals surface area contributed by atoms with E-state index in [4.69, 9.17) is 9.47 Å². The highest BCUT2D eigenvalue weighted by Crippen LogP contribution is 2.44. The molecule has 4 aliphatic heterocycles. The summed E-state index contributed by atoms with van der Waals surface area (Å²) < 4.78 is 13.9. The topological polar surface area (TPSA) is 203 Å². The van der Waals surface area contributed by atoms with Gasteiger partial charge in [0.1, 0.15) is 17.2 Å². The minimum absolute atomic E-state index is 0.00238. The molecule has 1 atom stereocenters. The summed E-state index contributed by atoms with van der Waals surface area (Å²) in [5, 5.41) is 63.5. The second kappa shape index (κ2) is 17.4. The van der Waals surface area contributed by atoms with E-state index >= 15 is 0 Å². The van der Waals surface area contributed by atoms with Gasteiger partial charge in [0.25, 0.3) is 11.8 Å². The Morgan fingerprint density at radius 1 is 0.635 bits per heavy atom. The maximum Gasteiger partial charge on any atom is 0.269 e. The van der Waals surface area contributed by atoms with E-state index in [1.54, 1.807) is 42.5 Å². The number of carbonyl (C=O) groups excluding carboxylic acids is 2. The van der Waals surface area contributed by atoms with E-state index in [0.29, 0.717) is 52.3 Å². The Bertz CT molecular complexity index is 2090. The Hall–Kier alpha value is -3.68. The van der Waals surface area contributed by atoms with Crippen molar-refractivity contribution >= 4 is 103 Å². The Kier molecular flexibility index (Phi) is 13.2. The van der Waals surface area contributed by atoms with Crippen molar-refractivity contribution in [3.63, 3.8) is 0 Å². The zero-order valence-electron chi connectivity index (χ0n) is 26.5. The lowest BCUT2D eigenvalue weighted by atomic mass is 10.1. The Morgan fingerprint density at radius 2 is 1.15 bits per heavy atom. The number of aliphatic hydroxyl groups is 1. The van der Waals surface area contributed by atoms with Crippen molar-refractivity contribution in [2.24, 2.45) is 10.3 Å². The van der Waals surface area contributed by atoms with Crippen LogP contribution in [0.15, 0.2) is 87.3 Å². The normalized spacial score (nSPS) is 17.5. The minimum Gasteiger partial charge on any atom is -0.503 e. The van der Waals surface area contributed by atoms with Gasteiger partial charge in [-0.2, -0.15) is 0 Å². The van der Waals surface area contributed by atoms with Gasteiger partial charge in [-0.25, -0.2) is 0 Å². The van der Waals surface area contributed by atoms with Gasteiger partial charge in [-0.05, 0) is 157 Å². The third-order valence-electron chi connectivity index (χ3n) is 7.67. The van der Waals surface area contributed by atoms with Crippen molar-refractivity contribution < 1.29 is 44.8 Å². The van der Waals surface area contributed by atoms with Gasteiger partial charge in [0.2, 0.25) is 0 Å². The van der Waals surface area contributed by atoms with Gasteiger partial charge < -0.3 is 45.8 Å². The van der Waals surface area contributed by atoms with Crippen molar-refractivity contribution in [1.29, 1.82) is 0 Å². The molecule has 272 valence electrons. The molecule has 8 rings (SSSR count). The highest BCUT2D eigenvalue weighted by molar-refractivity contribution is 9.11. The van der Waals surface area contributed by atoms with Crippen molar-refractivity contribution in [3.05, 3.63) is 99.2 Å². The summed E-state index contributed by atoms with van der Waals surface area (Å²) in [6, 6.07) is 14.3. The molecule has 13 nitrogen and oxygen atoms in total. The lowest BCUT2D eigenvalue weighted by Gasteiger charge is -2.17. The average Bonchev–Trinajstić information content (AvgIpc) is 3.10. The number of hydrogen-bond acceptors (Lipinski definition) is 11. The number of oxime groups is 2. The number of amides is 2. The predicted octanol–water partition coefficient (Wildman–Crippen LogP) is 7.76. The lowest BCUT2D eigenvalue weighted by Crippen LogP contribution is -2.35. The SMILES string of the molecule is O=C1NCCc2cc(Br)c(O)c(c2)Oc2ccc(cc2Br)C(O)CNC(=O)/C(=N/O)Cc2cc(Br)c(O)c(c2)Oc2c(Br)cc(cc2Br)C/C1=N\O. The van der Waals surface area contributed by atoms with E-state index in [1.807, 2.05) is 0 Å². The van der Waals surface area contributed by atoms with E-state index in [1.165, 1.54) is 12.1 Å². The molecule has 4 aromatic carbocycles. The minimum atomic E-state index is -1.16. The van der Waals surface area contributed by atoms with Crippen LogP contribution in [-0.4, -0.2) is 62.1 Å². The largest absolute Gasteiger partial charge is 0.503 e.